The summed E-state index contributed by atoms with van der Waals surface area (Å²) in [6.07, 6.45) is -4.65. The van der Waals surface area contributed by atoms with E-state index < -0.39 is 24.5 Å². The topological polar surface area (TPSA) is 203 Å². The fraction of sp³-hybridized carbons (Fsp3) is 0.333. The van der Waals surface area contributed by atoms with Gasteiger partial charge in [0.1, 0.15) is 24.2 Å². The molecule has 4 N–H and O–H groups in total. The first-order valence-corrected chi connectivity index (χ1v) is 23.7. The lowest BCUT2D eigenvalue weighted by molar-refractivity contribution is -0.275. The van der Waals surface area contributed by atoms with Crippen LogP contribution in [0.5, 0.6) is 11.5 Å². The molecule has 0 bridgehead atoms. The van der Waals surface area contributed by atoms with Gasteiger partial charge < -0.3 is 50.0 Å². The second-order valence-corrected chi connectivity index (χ2v) is 17.6. The summed E-state index contributed by atoms with van der Waals surface area (Å²) >= 11 is 13.1. The SMILES string of the molecule is O=C(CCC(=O)Nc1cccc(Nc2ncnc(N3CCC(OCc4ccc(OC(F)(F)F)cc4)CC3)n2)c1Cl)Nc1cc(Nc2ncnc(N3CCC(OCc4ccc(OC(F)(F)F)cc4)CC3)n2)ccc1Cl. The van der Waals surface area contributed by atoms with Crippen LogP contribution < -0.4 is 40.5 Å². The van der Waals surface area contributed by atoms with Gasteiger partial charge >= 0.3 is 12.7 Å². The summed E-state index contributed by atoms with van der Waals surface area (Å²) in [6, 6.07) is 20.9. The molecule has 74 heavy (non-hydrogen) atoms. The Kier molecular flexibility index (Phi) is 17.3. The fourth-order valence-electron chi connectivity index (χ4n) is 7.77. The van der Waals surface area contributed by atoms with E-state index in [2.05, 4.69) is 60.6 Å². The summed E-state index contributed by atoms with van der Waals surface area (Å²) in [6.45, 7) is 2.80. The number of aromatic nitrogens is 6. The highest BCUT2D eigenvalue weighted by atomic mass is 35.5. The molecule has 2 fully saturated rings. The zero-order chi connectivity index (χ0) is 52.2. The number of alkyl halides is 6. The van der Waals surface area contributed by atoms with Gasteiger partial charge in [-0.1, -0.05) is 53.5 Å². The third kappa shape index (κ3) is 15.9. The number of hydrogen-bond donors (Lipinski definition) is 4. The zero-order valence-corrected chi connectivity index (χ0v) is 40.4. The molecule has 2 amide bonds. The van der Waals surface area contributed by atoms with Gasteiger partial charge in [-0.3, -0.25) is 9.59 Å². The lowest BCUT2D eigenvalue weighted by Gasteiger charge is -2.32. The van der Waals surface area contributed by atoms with Crippen molar-refractivity contribution in [1.29, 1.82) is 0 Å². The number of anilines is 8. The van der Waals surface area contributed by atoms with Gasteiger partial charge in [0.05, 0.1) is 52.5 Å². The van der Waals surface area contributed by atoms with Crippen molar-refractivity contribution in [2.75, 3.05) is 57.2 Å². The molecule has 0 spiro atoms. The van der Waals surface area contributed by atoms with Crippen molar-refractivity contribution < 1.29 is 54.9 Å². The number of nitrogens with one attached hydrogen (secondary N) is 4. The van der Waals surface area contributed by atoms with E-state index in [0.29, 0.717) is 86.3 Å². The monoisotopic (exact) mass is 1070 g/mol. The molecular formula is C48H46Cl2F6N12O6. The van der Waals surface area contributed by atoms with Crippen molar-refractivity contribution >= 4 is 81.6 Å². The average molecular weight is 1070 g/mol. The minimum absolute atomic E-state index is 0.0734. The maximum Gasteiger partial charge on any atom is 0.573 e. The summed E-state index contributed by atoms with van der Waals surface area (Å²) < 4.78 is 94.7. The molecule has 4 aromatic carbocycles. The molecule has 390 valence electrons. The average Bonchev–Trinajstić information content (AvgIpc) is 3.37. The van der Waals surface area contributed by atoms with Crippen LogP contribution in [0.15, 0.2) is 97.6 Å². The maximum absolute atomic E-state index is 13.1. The van der Waals surface area contributed by atoms with Crippen molar-refractivity contribution in [1.82, 2.24) is 29.9 Å². The standard InChI is InChI=1S/C48H46Cl2F6N12O6/c49-36-13-8-31(61-43-57-27-59-45(65-43)67-20-16-32(17-21-67)71-25-29-4-9-34(10-5-29)73-47(51,52)53)24-39(36)63-41(70)15-14-40(69)62-37-2-1-3-38(42(37)50)64-44-58-28-60-46(66-44)68-22-18-33(19-23-68)72-26-30-6-11-35(12-7-30)74-48(54,55)56/h1-13,24,27-28,32-33H,14-23,25-26H2,(H,62,69)(H,63,70)(H,57,59,61,65)(H,58,60,64,66). The quantitative estimate of drug-likeness (QED) is 0.0557. The highest BCUT2D eigenvalue weighted by Crippen LogP contribution is 2.33. The molecular weight excluding hydrogens is 1030 g/mol. The number of carbonyl (C=O) groups is 2. The summed E-state index contributed by atoms with van der Waals surface area (Å²) in [4.78, 5) is 56.3. The van der Waals surface area contributed by atoms with Crippen LogP contribution in [0, 0.1) is 0 Å². The molecule has 8 rings (SSSR count). The van der Waals surface area contributed by atoms with Gasteiger partial charge in [0.25, 0.3) is 0 Å². The van der Waals surface area contributed by atoms with Crippen molar-refractivity contribution in [3.05, 3.63) is 119 Å². The first-order chi connectivity index (χ1) is 35.5. The van der Waals surface area contributed by atoms with Crippen LogP contribution in [0.2, 0.25) is 10.0 Å². The Hall–Kier alpha value is -7.28. The zero-order valence-electron chi connectivity index (χ0n) is 38.9. The molecule has 0 saturated carbocycles. The Bertz CT molecular complexity index is 2840. The normalized spacial score (nSPS) is 14.6. The Morgan fingerprint density at radius 2 is 1.04 bits per heavy atom. The Morgan fingerprint density at radius 3 is 1.53 bits per heavy atom. The lowest BCUT2D eigenvalue weighted by atomic mass is 10.1. The Morgan fingerprint density at radius 1 is 0.581 bits per heavy atom. The minimum atomic E-state index is -4.76. The number of amides is 2. The molecule has 6 aromatic rings. The van der Waals surface area contributed by atoms with E-state index in [-0.39, 0.29) is 83.1 Å². The van der Waals surface area contributed by atoms with Crippen LogP contribution in [0.4, 0.5) is 72.9 Å². The molecule has 0 aliphatic carbocycles. The van der Waals surface area contributed by atoms with Crippen molar-refractivity contribution in [3.8, 4) is 11.5 Å². The summed E-state index contributed by atoms with van der Waals surface area (Å²) in [7, 11) is 0. The molecule has 2 aliphatic heterocycles. The van der Waals surface area contributed by atoms with Gasteiger partial charge in [-0.25, -0.2) is 19.9 Å². The number of rotatable bonds is 19. The number of ether oxygens (including phenoxy) is 4. The van der Waals surface area contributed by atoms with Crippen molar-refractivity contribution in [2.45, 2.75) is 76.7 Å². The van der Waals surface area contributed by atoms with Gasteiger partial charge in [0, 0.05) is 44.7 Å². The van der Waals surface area contributed by atoms with E-state index in [1.54, 1.807) is 36.4 Å². The van der Waals surface area contributed by atoms with Crippen molar-refractivity contribution in [2.24, 2.45) is 0 Å². The van der Waals surface area contributed by atoms with Crippen LogP contribution >= 0.6 is 23.2 Å². The highest BCUT2D eigenvalue weighted by molar-refractivity contribution is 6.36. The predicted molar refractivity (Wildman–Crippen MR) is 262 cm³/mol. The molecule has 4 heterocycles. The molecule has 2 saturated heterocycles. The number of piperidine rings is 2. The molecule has 0 atom stereocenters. The fourth-order valence-corrected chi connectivity index (χ4v) is 8.16. The second kappa shape index (κ2) is 24.2. The van der Waals surface area contributed by atoms with Gasteiger partial charge in [-0.05, 0) is 91.4 Å². The number of benzene rings is 4. The number of hydrogen-bond acceptors (Lipinski definition) is 16. The molecule has 2 aromatic heterocycles. The molecule has 2 aliphatic rings. The number of carbonyl (C=O) groups excluding carboxylic acids is 2. The van der Waals surface area contributed by atoms with Crippen LogP contribution in [0.3, 0.4) is 0 Å². The smallest absolute Gasteiger partial charge is 0.406 e. The molecule has 0 unspecified atom stereocenters. The Labute approximate surface area is 429 Å². The molecule has 18 nitrogen and oxygen atoms in total. The summed E-state index contributed by atoms with van der Waals surface area (Å²) in [5, 5.41) is 12.1. The van der Waals surface area contributed by atoms with Crippen molar-refractivity contribution in [3.63, 3.8) is 0 Å². The van der Waals surface area contributed by atoms with Crippen LogP contribution in [-0.2, 0) is 32.3 Å². The highest BCUT2D eigenvalue weighted by Gasteiger charge is 2.32. The first kappa shape index (κ1) is 53.0. The van der Waals surface area contributed by atoms with Crippen LogP contribution in [0.25, 0.3) is 0 Å². The first-order valence-electron chi connectivity index (χ1n) is 23.0. The third-order valence-corrected chi connectivity index (χ3v) is 12.2. The number of halogens is 8. The predicted octanol–water partition coefficient (Wildman–Crippen LogP) is 10.4. The minimum Gasteiger partial charge on any atom is -0.406 e. The van der Waals surface area contributed by atoms with E-state index in [1.165, 1.54) is 61.2 Å². The summed E-state index contributed by atoms with van der Waals surface area (Å²) in [5.41, 5.74) is 2.92. The lowest BCUT2D eigenvalue weighted by Crippen LogP contribution is -2.38. The molecule has 26 heteroatoms. The van der Waals surface area contributed by atoms with Gasteiger partial charge in [-0.2, -0.15) is 9.97 Å². The van der Waals surface area contributed by atoms with E-state index in [1.807, 2.05) is 9.80 Å². The second-order valence-electron chi connectivity index (χ2n) is 16.8. The van der Waals surface area contributed by atoms with Gasteiger partial charge in [-0.15, -0.1) is 26.3 Å². The number of nitrogens with zero attached hydrogens (tertiary/aromatic N) is 8. The van der Waals surface area contributed by atoms with E-state index in [0.717, 1.165) is 0 Å². The van der Waals surface area contributed by atoms with E-state index in [9.17, 15) is 35.9 Å². The van der Waals surface area contributed by atoms with E-state index >= 15 is 0 Å². The van der Waals surface area contributed by atoms with Crippen LogP contribution in [-0.4, -0.2) is 92.8 Å². The van der Waals surface area contributed by atoms with Gasteiger partial charge in [0.2, 0.25) is 35.6 Å². The maximum atomic E-state index is 13.1. The largest absolute Gasteiger partial charge is 0.573 e. The van der Waals surface area contributed by atoms with Crippen LogP contribution in [0.1, 0.15) is 49.7 Å². The third-order valence-electron chi connectivity index (χ3n) is 11.4. The van der Waals surface area contributed by atoms with E-state index in [4.69, 9.17) is 32.7 Å². The van der Waals surface area contributed by atoms with Gasteiger partial charge in [0.15, 0.2) is 0 Å². The summed E-state index contributed by atoms with van der Waals surface area (Å²) in [5.74, 6) is -0.228. The Balaban J connectivity index is 0.758. The molecule has 0 radical (unpaired) electrons.